The summed E-state index contributed by atoms with van der Waals surface area (Å²) in [5, 5.41) is 11.0. The van der Waals surface area contributed by atoms with E-state index in [9.17, 15) is 9.59 Å². The molecule has 1 N–H and O–H groups in total. The topological polar surface area (TPSA) is 108 Å². The van der Waals surface area contributed by atoms with Crippen LogP contribution in [0.3, 0.4) is 0 Å². The maximum atomic E-state index is 13.1. The molecule has 1 amide bonds. The summed E-state index contributed by atoms with van der Waals surface area (Å²) in [5.74, 6) is 0.186. The van der Waals surface area contributed by atoms with E-state index in [1.807, 2.05) is 6.92 Å². The SMILES string of the molecule is CCOc1cc(Cl)c(N=NC(C(C)=O)C(=O)Nc2c(OCC)ccc(OCC)c2Cl)c(OCC)c1. The number of ketones is 1. The van der Waals surface area contributed by atoms with Gasteiger partial charge in [-0.05, 0) is 46.8 Å². The summed E-state index contributed by atoms with van der Waals surface area (Å²) < 4.78 is 22.1. The number of anilines is 1. The van der Waals surface area contributed by atoms with Gasteiger partial charge in [0, 0.05) is 12.1 Å². The monoisotopic (exact) mass is 525 g/mol. The fraction of sp³-hybridized carbons (Fsp3) is 0.417. The second-order valence-corrected chi connectivity index (χ2v) is 7.74. The molecule has 0 aliphatic carbocycles. The smallest absolute Gasteiger partial charge is 0.258 e. The molecule has 0 radical (unpaired) electrons. The number of hydrogen-bond donors (Lipinski definition) is 1. The molecule has 1 atom stereocenters. The number of amides is 1. The second-order valence-electron chi connectivity index (χ2n) is 6.95. The van der Waals surface area contributed by atoms with Gasteiger partial charge < -0.3 is 24.3 Å². The molecule has 9 nitrogen and oxygen atoms in total. The van der Waals surface area contributed by atoms with Gasteiger partial charge in [0.1, 0.15) is 33.6 Å². The summed E-state index contributed by atoms with van der Waals surface area (Å²) >= 11 is 12.8. The van der Waals surface area contributed by atoms with Gasteiger partial charge in [-0.25, -0.2) is 0 Å². The first-order valence-corrected chi connectivity index (χ1v) is 11.9. The Labute approximate surface area is 214 Å². The number of nitrogens with zero attached hydrogens (tertiary/aromatic N) is 2. The molecule has 1 unspecified atom stereocenters. The maximum Gasteiger partial charge on any atom is 0.258 e. The third-order valence-corrected chi connectivity index (χ3v) is 5.10. The Morgan fingerprint density at radius 2 is 1.46 bits per heavy atom. The van der Waals surface area contributed by atoms with Gasteiger partial charge >= 0.3 is 0 Å². The van der Waals surface area contributed by atoms with E-state index in [1.165, 1.54) is 6.92 Å². The molecule has 2 rings (SSSR count). The van der Waals surface area contributed by atoms with Crippen molar-refractivity contribution >= 4 is 46.3 Å². The van der Waals surface area contributed by atoms with Crippen LogP contribution in [0.5, 0.6) is 23.0 Å². The molecule has 11 heteroatoms. The number of carbonyl (C=O) groups is 2. The van der Waals surface area contributed by atoms with Crippen LogP contribution in [-0.2, 0) is 9.59 Å². The fourth-order valence-corrected chi connectivity index (χ4v) is 3.48. The average Bonchev–Trinajstić information content (AvgIpc) is 2.80. The highest BCUT2D eigenvalue weighted by molar-refractivity contribution is 6.36. The van der Waals surface area contributed by atoms with E-state index in [0.29, 0.717) is 49.4 Å². The Hall–Kier alpha value is -3.04. The van der Waals surface area contributed by atoms with Crippen LogP contribution < -0.4 is 24.3 Å². The molecule has 190 valence electrons. The van der Waals surface area contributed by atoms with Crippen molar-refractivity contribution < 1.29 is 28.5 Å². The van der Waals surface area contributed by atoms with Gasteiger partial charge in [0.25, 0.3) is 5.91 Å². The van der Waals surface area contributed by atoms with E-state index in [-0.39, 0.29) is 21.4 Å². The summed E-state index contributed by atoms with van der Waals surface area (Å²) in [7, 11) is 0. The minimum atomic E-state index is -1.48. The first kappa shape index (κ1) is 28.2. The molecule has 0 heterocycles. The zero-order chi connectivity index (χ0) is 26.0. The van der Waals surface area contributed by atoms with Crippen molar-refractivity contribution in [3.05, 3.63) is 34.3 Å². The Kier molecular flexibility index (Phi) is 11.1. The quantitative estimate of drug-likeness (QED) is 0.244. The van der Waals surface area contributed by atoms with Gasteiger partial charge in [-0.2, -0.15) is 5.11 Å². The van der Waals surface area contributed by atoms with Gasteiger partial charge in [-0.1, -0.05) is 23.2 Å². The molecule has 0 saturated heterocycles. The minimum Gasteiger partial charge on any atom is -0.494 e. The Morgan fingerprint density at radius 1 is 0.886 bits per heavy atom. The molecule has 0 fully saturated rings. The number of carbonyl (C=O) groups excluding carboxylic acids is 2. The summed E-state index contributed by atoms with van der Waals surface area (Å²) in [4.78, 5) is 25.4. The number of nitrogens with one attached hydrogen (secondary N) is 1. The molecular weight excluding hydrogens is 497 g/mol. The van der Waals surface area contributed by atoms with Gasteiger partial charge in [0.2, 0.25) is 6.04 Å². The summed E-state index contributed by atoms with van der Waals surface area (Å²) in [6.07, 6.45) is 0. The van der Waals surface area contributed by atoms with Crippen LogP contribution in [0.4, 0.5) is 11.4 Å². The summed E-state index contributed by atoms with van der Waals surface area (Å²) in [6, 6.07) is 4.95. The van der Waals surface area contributed by atoms with Crippen molar-refractivity contribution in [3.63, 3.8) is 0 Å². The van der Waals surface area contributed by atoms with Crippen molar-refractivity contribution in [3.8, 4) is 23.0 Å². The molecule has 0 aliphatic rings. The maximum absolute atomic E-state index is 13.1. The van der Waals surface area contributed by atoms with E-state index in [2.05, 4.69) is 15.5 Å². The third-order valence-electron chi connectivity index (χ3n) is 4.44. The number of azo groups is 1. The van der Waals surface area contributed by atoms with Crippen molar-refractivity contribution in [2.24, 2.45) is 10.2 Å². The van der Waals surface area contributed by atoms with Crippen LogP contribution in [0.15, 0.2) is 34.5 Å². The van der Waals surface area contributed by atoms with Gasteiger partial charge in [0.15, 0.2) is 11.5 Å². The van der Waals surface area contributed by atoms with Gasteiger partial charge in [-0.3, -0.25) is 9.59 Å². The van der Waals surface area contributed by atoms with Gasteiger partial charge in [0.05, 0.1) is 31.5 Å². The largest absolute Gasteiger partial charge is 0.494 e. The Balaban J connectivity index is 2.41. The van der Waals surface area contributed by atoms with Crippen molar-refractivity contribution in [2.75, 3.05) is 31.7 Å². The molecular formula is C24H29Cl2N3O6. The molecule has 0 aliphatic heterocycles. The summed E-state index contributed by atoms with van der Waals surface area (Å²) in [6.45, 7) is 9.93. The molecule has 35 heavy (non-hydrogen) atoms. The second kappa shape index (κ2) is 13.7. The first-order chi connectivity index (χ1) is 16.8. The summed E-state index contributed by atoms with van der Waals surface area (Å²) in [5.41, 5.74) is 0.336. The number of benzene rings is 2. The first-order valence-electron chi connectivity index (χ1n) is 11.2. The van der Waals surface area contributed by atoms with E-state index in [1.54, 1.807) is 45.0 Å². The normalized spacial score (nSPS) is 11.7. The van der Waals surface area contributed by atoms with Crippen LogP contribution in [-0.4, -0.2) is 44.2 Å². The fourth-order valence-electron chi connectivity index (χ4n) is 2.99. The number of rotatable bonds is 13. The van der Waals surface area contributed by atoms with Gasteiger partial charge in [-0.15, -0.1) is 5.11 Å². The van der Waals surface area contributed by atoms with E-state index < -0.39 is 17.7 Å². The van der Waals surface area contributed by atoms with E-state index in [0.717, 1.165) is 0 Å². The Bertz CT molecular complexity index is 1080. The van der Waals surface area contributed by atoms with Crippen molar-refractivity contribution in [1.82, 2.24) is 0 Å². The minimum absolute atomic E-state index is 0.138. The average molecular weight is 526 g/mol. The van der Waals surface area contributed by atoms with Crippen LogP contribution in [0.25, 0.3) is 0 Å². The lowest BCUT2D eigenvalue weighted by Gasteiger charge is -2.17. The van der Waals surface area contributed by atoms with Crippen molar-refractivity contribution in [2.45, 2.75) is 40.7 Å². The lowest BCUT2D eigenvalue weighted by atomic mass is 10.2. The predicted octanol–water partition coefficient (Wildman–Crippen LogP) is 6.27. The molecule has 0 aromatic heterocycles. The molecule has 2 aromatic carbocycles. The highest BCUT2D eigenvalue weighted by Crippen LogP contribution is 2.41. The third kappa shape index (κ3) is 7.47. The lowest BCUT2D eigenvalue weighted by Crippen LogP contribution is -2.32. The number of hydrogen-bond acceptors (Lipinski definition) is 8. The van der Waals surface area contributed by atoms with Crippen LogP contribution in [0, 0.1) is 0 Å². The molecule has 0 saturated carbocycles. The predicted molar refractivity (Wildman–Crippen MR) is 135 cm³/mol. The highest BCUT2D eigenvalue weighted by atomic mass is 35.5. The van der Waals surface area contributed by atoms with E-state index >= 15 is 0 Å². The van der Waals surface area contributed by atoms with Crippen LogP contribution >= 0.6 is 23.2 Å². The van der Waals surface area contributed by atoms with Crippen molar-refractivity contribution in [1.29, 1.82) is 0 Å². The highest BCUT2D eigenvalue weighted by Gasteiger charge is 2.26. The zero-order valence-corrected chi connectivity index (χ0v) is 21.8. The molecule has 0 bridgehead atoms. The molecule has 2 aromatic rings. The zero-order valence-electron chi connectivity index (χ0n) is 20.3. The van der Waals surface area contributed by atoms with Crippen LogP contribution in [0.1, 0.15) is 34.6 Å². The number of Topliss-reactive ketones (excluding diaryl/α,β-unsaturated/α-hetero) is 1. The lowest BCUT2D eigenvalue weighted by molar-refractivity contribution is -0.126. The molecule has 0 spiro atoms. The number of halogens is 2. The number of ether oxygens (including phenoxy) is 4. The van der Waals surface area contributed by atoms with Crippen LogP contribution in [0.2, 0.25) is 10.0 Å². The van der Waals surface area contributed by atoms with E-state index in [4.69, 9.17) is 42.1 Å². The standard InChI is InChI=1S/C24H29Cl2N3O6/c1-6-32-15-12-16(25)22(19(13-15)35-9-4)29-28-21(14(5)30)24(31)27-23-18(34-8-3)11-10-17(20(23)26)33-7-2/h10-13,21H,6-9H2,1-5H3,(H,27,31). The Morgan fingerprint density at radius 3 is 2.06 bits per heavy atom.